The van der Waals surface area contributed by atoms with Gasteiger partial charge in [-0.15, -0.1) is 23.1 Å². The van der Waals surface area contributed by atoms with Crippen molar-refractivity contribution in [1.29, 1.82) is 0 Å². The van der Waals surface area contributed by atoms with E-state index in [1.54, 1.807) is 9.77 Å². The van der Waals surface area contributed by atoms with Crippen LogP contribution in [0.15, 0.2) is 16.3 Å². The third-order valence-corrected chi connectivity index (χ3v) is 12.4. The summed E-state index contributed by atoms with van der Waals surface area (Å²) in [5, 5.41) is 2.33. The summed E-state index contributed by atoms with van der Waals surface area (Å²) >= 11 is 12.4. The van der Waals surface area contributed by atoms with Gasteiger partial charge in [-0.3, -0.25) is 0 Å². The van der Waals surface area contributed by atoms with E-state index >= 15 is 0 Å². The highest BCUT2D eigenvalue weighted by atomic mass is 79.9. The summed E-state index contributed by atoms with van der Waals surface area (Å²) in [4.78, 5) is 3.87. The van der Waals surface area contributed by atoms with Crippen molar-refractivity contribution in [3.8, 4) is 0 Å². The van der Waals surface area contributed by atoms with Crippen LogP contribution in [0.2, 0.25) is 0 Å². The number of hydrogen-bond acceptors (Lipinski definition) is 2. The second-order valence-electron chi connectivity index (χ2n) is 10.7. The van der Waals surface area contributed by atoms with Crippen molar-refractivity contribution < 1.29 is 0 Å². The number of hydrogen-bond donors (Lipinski definition) is 0. The molecule has 1 aliphatic heterocycles. The fourth-order valence-electron chi connectivity index (χ4n) is 5.52. The first-order valence-corrected chi connectivity index (χ1v) is 18.3. The molecule has 0 aromatic carbocycles. The average molecular weight is 637 g/mol. The molecule has 0 radical (unpaired) electrons. The van der Waals surface area contributed by atoms with Gasteiger partial charge in [0.15, 0.2) is 0 Å². The van der Waals surface area contributed by atoms with Crippen LogP contribution in [-0.2, 0) is 5.41 Å². The van der Waals surface area contributed by atoms with E-state index in [1.165, 1.54) is 135 Å². The molecule has 0 N–H and O–H groups in total. The van der Waals surface area contributed by atoms with E-state index < -0.39 is 0 Å². The van der Waals surface area contributed by atoms with E-state index in [4.69, 9.17) is 0 Å². The maximum atomic E-state index is 4.15. The van der Waals surface area contributed by atoms with E-state index in [1.807, 2.05) is 11.3 Å². The van der Waals surface area contributed by atoms with Gasteiger partial charge >= 0.3 is 0 Å². The normalized spacial score (nSPS) is 20.6. The standard InChI is InChI=1S/C30H52Br2S2/c1-3-5-7-9-11-13-14-16-18-20-23-30(28-27(22-24-33-28)34-29(30)32)25-26(31)21-19-17-15-12-10-8-6-4-2/h22,24,26,29H,3-21,23,25H2,1-2H3. The molecular weight excluding hydrogens is 584 g/mol. The van der Waals surface area contributed by atoms with Crippen LogP contribution in [0, 0.1) is 0 Å². The molecule has 198 valence electrons. The zero-order valence-electron chi connectivity index (χ0n) is 22.2. The molecule has 1 aliphatic rings. The summed E-state index contributed by atoms with van der Waals surface area (Å²) in [5.74, 6) is 0. The molecule has 0 bridgehead atoms. The van der Waals surface area contributed by atoms with Gasteiger partial charge in [-0.1, -0.05) is 161 Å². The Morgan fingerprint density at radius 1 is 0.765 bits per heavy atom. The molecule has 2 heterocycles. The van der Waals surface area contributed by atoms with Crippen molar-refractivity contribution in [2.45, 2.75) is 168 Å². The van der Waals surface area contributed by atoms with E-state index in [0.717, 1.165) is 0 Å². The average Bonchev–Trinajstić information content (AvgIpc) is 3.38. The first kappa shape index (κ1) is 31.2. The van der Waals surface area contributed by atoms with Crippen LogP contribution in [0.3, 0.4) is 0 Å². The van der Waals surface area contributed by atoms with Gasteiger partial charge in [0.25, 0.3) is 0 Å². The molecule has 0 saturated carbocycles. The van der Waals surface area contributed by atoms with Crippen LogP contribution < -0.4 is 0 Å². The largest absolute Gasteiger partial charge is 0.147 e. The van der Waals surface area contributed by atoms with E-state index in [9.17, 15) is 0 Å². The lowest BCUT2D eigenvalue weighted by atomic mass is 9.78. The first-order chi connectivity index (χ1) is 16.6. The van der Waals surface area contributed by atoms with E-state index in [2.05, 4.69) is 68.9 Å². The number of fused-ring (bicyclic) bond motifs is 1. The number of rotatable bonds is 22. The van der Waals surface area contributed by atoms with Crippen molar-refractivity contribution in [1.82, 2.24) is 0 Å². The first-order valence-electron chi connectivity index (χ1n) is 14.7. The van der Waals surface area contributed by atoms with Gasteiger partial charge in [-0.25, -0.2) is 0 Å². The van der Waals surface area contributed by atoms with Gasteiger partial charge < -0.3 is 0 Å². The van der Waals surface area contributed by atoms with Crippen LogP contribution in [0.25, 0.3) is 0 Å². The second kappa shape index (κ2) is 19.1. The third-order valence-electron chi connectivity index (χ3n) is 7.68. The molecule has 0 nitrogen and oxygen atoms in total. The number of thioether (sulfide) groups is 1. The Kier molecular flexibility index (Phi) is 17.6. The Balaban J connectivity index is 1.71. The topological polar surface area (TPSA) is 0 Å². The molecule has 0 amide bonds. The van der Waals surface area contributed by atoms with Gasteiger partial charge in [0, 0.05) is 20.0 Å². The SMILES string of the molecule is CCCCCCCCCCCCC1(CC(Br)CCCCCCCCCC)c2sccc2SC1Br. The highest BCUT2D eigenvalue weighted by molar-refractivity contribution is 9.11. The number of halogens is 2. The number of alkyl halides is 2. The van der Waals surface area contributed by atoms with Crippen molar-refractivity contribution in [2.24, 2.45) is 0 Å². The predicted octanol–water partition coefficient (Wildman–Crippen LogP) is 12.8. The maximum absolute atomic E-state index is 4.15. The minimum atomic E-state index is 0.322. The quantitative estimate of drug-likeness (QED) is 0.0901. The Hall–Kier alpha value is 1.01. The summed E-state index contributed by atoms with van der Waals surface area (Å²) in [5.41, 5.74) is 0.322. The summed E-state index contributed by atoms with van der Waals surface area (Å²) < 4.78 is 0.541. The van der Waals surface area contributed by atoms with Gasteiger partial charge in [0.05, 0.1) is 4.16 Å². The smallest absolute Gasteiger partial charge is 0.0752 e. The molecule has 4 heteroatoms. The molecule has 2 rings (SSSR count). The van der Waals surface area contributed by atoms with Crippen LogP contribution in [0.4, 0.5) is 0 Å². The Morgan fingerprint density at radius 2 is 1.26 bits per heavy atom. The zero-order chi connectivity index (χ0) is 24.5. The molecule has 1 aromatic heterocycles. The molecule has 3 atom stereocenters. The minimum Gasteiger partial charge on any atom is -0.147 e. The Morgan fingerprint density at radius 3 is 1.82 bits per heavy atom. The Bertz CT molecular complexity index is 617. The molecule has 0 spiro atoms. The van der Waals surface area contributed by atoms with Crippen molar-refractivity contribution >= 4 is 55.0 Å². The second-order valence-corrected chi connectivity index (χ2v) is 15.6. The molecule has 0 fully saturated rings. The van der Waals surface area contributed by atoms with E-state index in [0.29, 0.717) is 14.4 Å². The summed E-state index contributed by atoms with van der Waals surface area (Å²) in [6, 6.07) is 2.36. The van der Waals surface area contributed by atoms with Crippen LogP contribution in [-0.4, -0.2) is 8.99 Å². The molecule has 3 unspecified atom stereocenters. The lowest BCUT2D eigenvalue weighted by Gasteiger charge is -2.34. The molecular formula is C30H52Br2S2. The predicted molar refractivity (Wildman–Crippen MR) is 166 cm³/mol. The van der Waals surface area contributed by atoms with Gasteiger partial charge in [-0.2, -0.15) is 0 Å². The fraction of sp³-hybridized carbons (Fsp3) is 0.867. The number of unbranched alkanes of at least 4 members (excludes halogenated alkanes) is 16. The summed E-state index contributed by atoms with van der Waals surface area (Å²) in [6.45, 7) is 4.61. The van der Waals surface area contributed by atoms with E-state index in [-0.39, 0.29) is 0 Å². The van der Waals surface area contributed by atoms with Crippen LogP contribution >= 0.6 is 55.0 Å². The minimum absolute atomic E-state index is 0.322. The molecule has 34 heavy (non-hydrogen) atoms. The van der Waals surface area contributed by atoms with Crippen molar-refractivity contribution in [2.75, 3.05) is 0 Å². The lowest BCUT2D eigenvalue weighted by molar-refractivity contribution is 0.374. The van der Waals surface area contributed by atoms with Gasteiger partial charge in [-0.05, 0) is 30.7 Å². The molecule has 0 aliphatic carbocycles. The molecule has 1 aromatic rings. The Labute approximate surface area is 237 Å². The van der Waals surface area contributed by atoms with Gasteiger partial charge in [0.2, 0.25) is 0 Å². The van der Waals surface area contributed by atoms with Crippen molar-refractivity contribution in [3.05, 3.63) is 16.3 Å². The lowest BCUT2D eigenvalue weighted by Crippen LogP contribution is -2.33. The monoisotopic (exact) mass is 634 g/mol. The van der Waals surface area contributed by atoms with Crippen LogP contribution in [0.1, 0.15) is 154 Å². The summed E-state index contributed by atoms with van der Waals surface area (Å²) in [7, 11) is 0. The zero-order valence-corrected chi connectivity index (χ0v) is 27.0. The maximum Gasteiger partial charge on any atom is 0.0752 e. The third kappa shape index (κ3) is 11.2. The highest BCUT2D eigenvalue weighted by Crippen LogP contribution is 2.59. The molecule has 0 saturated heterocycles. The van der Waals surface area contributed by atoms with Crippen molar-refractivity contribution in [3.63, 3.8) is 0 Å². The van der Waals surface area contributed by atoms with Gasteiger partial charge in [0.1, 0.15) is 0 Å². The highest BCUT2D eigenvalue weighted by Gasteiger charge is 2.47. The van der Waals surface area contributed by atoms with Crippen LogP contribution in [0.5, 0.6) is 0 Å². The fourth-order valence-corrected chi connectivity index (χ4v) is 10.6. The number of thiophene rings is 1. The summed E-state index contributed by atoms with van der Waals surface area (Å²) in [6.07, 6.45) is 29.5.